The molecule has 18 heavy (non-hydrogen) atoms. The van der Waals surface area contributed by atoms with E-state index < -0.39 is 24.9 Å². The third kappa shape index (κ3) is 4.75. The minimum absolute atomic E-state index is 0.193. The molecule has 0 aromatic heterocycles. The van der Waals surface area contributed by atoms with Gasteiger partial charge in [-0.3, -0.25) is 4.79 Å². The molecule has 0 bridgehead atoms. The predicted molar refractivity (Wildman–Crippen MR) is 62.8 cm³/mol. The van der Waals surface area contributed by atoms with Crippen LogP contribution in [0, 0.1) is 11.3 Å². The van der Waals surface area contributed by atoms with Crippen LogP contribution in [0.15, 0.2) is 22.7 Å². The zero-order valence-corrected chi connectivity index (χ0v) is 10.6. The highest BCUT2D eigenvalue weighted by Gasteiger charge is 2.27. The summed E-state index contributed by atoms with van der Waals surface area (Å²) in [5.41, 5.74) is 0.387. The Bertz CT molecular complexity index is 494. The number of anilines is 1. The number of nitrogens with one attached hydrogen (secondary N) is 1. The number of nitriles is 1. The van der Waals surface area contributed by atoms with Gasteiger partial charge in [0.05, 0.1) is 17.7 Å². The predicted octanol–water partition coefficient (Wildman–Crippen LogP) is 3.60. The maximum atomic E-state index is 11.9. The molecule has 1 rings (SSSR count). The second kappa shape index (κ2) is 5.87. The van der Waals surface area contributed by atoms with Crippen molar-refractivity contribution in [3.8, 4) is 6.07 Å². The van der Waals surface area contributed by atoms with E-state index in [9.17, 15) is 18.0 Å². The van der Waals surface area contributed by atoms with Gasteiger partial charge < -0.3 is 5.32 Å². The van der Waals surface area contributed by atoms with Crippen LogP contribution in [0.3, 0.4) is 0 Å². The highest BCUT2D eigenvalue weighted by Crippen LogP contribution is 2.23. The number of benzene rings is 1. The second-order valence-corrected chi connectivity index (χ2v) is 4.38. The second-order valence-electron chi connectivity index (χ2n) is 3.47. The molecule has 0 aliphatic heterocycles. The van der Waals surface area contributed by atoms with Crippen LogP contribution < -0.4 is 5.32 Å². The molecule has 0 aliphatic rings. The number of amides is 1. The van der Waals surface area contributed by atoms with Crippen LogP contribution in [0.2, 0.25) is 0 Å². The number of rotatable bonds is 3. The quantitative estimate of drug-likeness (QED) is 0.925. The van der Waals surface area contributed by atoms with Crippen LogP contribution in [0.5, 0.6) is 0 Å². The van der Waals surface area contributed by atoms with Gasteiger partial charge in [0, 0.05) is 10.9 Å². The van der Waals surface area contributed by atoms with Crippen molar-refractivity contribution < 1.29 is 18.0 Å². The molecular formula is C11H8BrF3N2O. The lowest BCUT2D eigenvalue weighted by Crippen LogP contribution is -2.17. The topological polar surface area (TPSA) is 52.9 Å². The molecule has 7 heteroatoms. The molecule has 0 spiro atoms. The Hall–Kier alpha value is -1.55. The molecule has 96 valence electrons. The average Bonchev–Trinajstić information content (AvgIpc) is 2.26. The van der Waals surface area contributed by atoms with Gasteiger partial charge in [0.1, 0.15) is 6.07 Å². The van der Waals surface area contributed by atoms with E-state index >= 15 is 0 Å². The normalized spacial score (nSPS) is 10.8. The van der Waals surface area contributed by atoms with Gasteiger partial charge in [0.25, 0.3) is 0 Å². The van der Waals surface area contributed by atoms with Crippen molar-refractivity contribution in [2.75, 3.05) is 5.32 Å². The molecule has 0 unspecified atom stereocenters. The fourth-order valence-electron chi connectivity index (χ4n) is 1.19. The van der Waals surface area contributed by atoms with Gasteiger partial charge in [-0.2, -0.15) is 18.4 Å². The molecule has 0 fully saturated rings. The lowest BCUT2D eigenvalue weighted by Gasteiger charge is -2.09. The fourth-order valence-corrected chi connectivity index (χ4v) is 1.55. The van der Waals surface area contributed by atoms with Crippen molar-refractivity contribution in [3.05, 3.63) is 28.2 Å². The maximum Gasteiger partial charge on any atom is 0.389 e. The third-order valence-corrected chi connectivity index (χ3v) is 2.50. The highest BCUT2D eigenvalue weighted by molar-refractivity contribution is 9.10. The van der Waals surface area contributed by atoms with Gasteiger partial charge in [-0.25, -0.2) is 0 Å². The zero-order valence-electron chi connectivity index (χ0n) is 9.01. The fraction of sp³-hybridized carbons (Fsp3) is 0.273. The van der Waals surface area contributed by atoms with Gasteiger partial charge >= 0.3 is 6.18 Å². The summed E-state index contributed by atoms with van der Waals surface area (Å²) in [7, 11) is 0. The van der Waals surface area contributed by atoms with Crippen LogP contribution >= 0.6 is 15.9 Å². The van der Waals surface area contributed by atoms with Crippen LogP contribution in [0.1, 0.15) is 18.4 Å². The smallest absolute Gasteiger partial charge is 0.325 e. The minimum atomic E-state index is -4.37. The molecule has 0 saturated heterocycles. The van der Waals surface area contributed by atoms with Gasteiger partial charge in [-0.1, -0.05) is 15.9 Å². The van der Waals surface area contributed by atoms with Crippen LogP contribution in [-0.4, -0.2) is 12.1 Å². The Kier molecular flexibility index (Phi) is 4.73. The van der Waals surface area contributed by atoms with Gasteiger partial charge in [-0.05, 0) is 18.2 Å². The van der Waals surface area contributed by atoms with Gasteiger partial charge in [0.15, 0.2) is 0 Å². The maximum absolute atomic E-state index is 11.9. The van der Waals surface area contributed by atoms with Crippen LogP contribution in [0.4, 0.5) is 18.9 Å². The molecule has 0 aliphatic carbocycles. The van der Waals surface area contributed by atoms with E-state index in [1.165, 1.54) is 12.1 Å². The van der Waals surface area contributed by atoms with Crippen molar-refractivity contribution >= 4 is 27.5 Å². The summed E-state index contributed by atoms with van der Waals surface area (Å²) in [6, 6.07) is 6.37. The van der Waals surface area contributed by atoms with Gasteiger partial charge in [-0.15, -0.1) is 0 Å². The minimum Gasteiger partial charge on any atom is -0.325 e. The first-order valence-electron chi connectivity index (χ1n) is 4.88. The van der Waals surface area contributed by atoms with E-state index in [1.54, 1.807) is 6.07 Å². The molecule has 0 saturated carbocycles. The summed E-state index contributed by atoms with van der Waals surface area (Å²) < 4.78 is 36.4. The van der Waals surface area contributed by atoms with E-state index in [2.05, 4.69) is 21.2 Å². The number of carbonyl (C=O) groups excluding carboxylic acids is 1. The first-order chi connectivity index (χ1) is 8.31. The number of hydrogen-bond acceptors (Lipinski definition) is 2. The van der Waals surface area contributed by atoms with Crippen molar-refractivity contribution in [3.63, 3.8) is 0 Å². The Morgan fingerprint density at radius 3 is 2.67 bits per heavy atom. The zero-order chi connectivity index (χ0) is 13.8. The van der Waals surface area contributed by atoms with E-state index in [1.807, 2.05) is 6.07 Å². The summed E-state index contributed by atoms with van der Waals surface area (Å²) in [6.07, 6.45) is -6.22. The van der Waals surface area contributed by atoms with Crippen molar-refractivity contribution in [1.29, 1.82) is 5.26 Å². The number of nitrogens with zero attached hydrogens (tertiary/aromatic N) is 1. The van der Waals surface area contributed by atoms with Crippen LogP contribution in [0.25, 0.3) is 0 Å². The standard InChI is InChI=1S/C11H8BrF3N2O/c12-8-2-1-7(6-16)9(5-8)17-10(18)3-4-11(13,14)15/h1-2,5H,3-4H2,(H,17,18). The first kappa shape index (κ1) is 14.5. The Labute approximate surface area is 110 Å². The summed E-state index contributed by atoms with van der Waals surface area (Å²) in [4.78, 5) is 11.3. The molecule has 0 atom stereocenters. The largest absolute Gasteiger partial charge is 0.389 e. The molecule has 1 N–H and O–H groups in total. The van der Waals surface area contributed by atoms with Crippen molar-refractivity contribution in [2.24, 2.45) is 0 Å². The summed E-state index contributed by atoms with van der Waals surface area (Å²) in [5.74, 6) is -0.776. The lowest BCUT2D eigenvalue weighted by molar-refractivity contribution is -0.142. The first-order valence-corrected chi connectivity index (χ1v) is 5.67. The number of hydrogen-bond donors (Lipinski definition) is 1. The van der Waals surface area contributed by atoms with Crippen molar-refractivity contribution in [2.45, 2.75) is 19.0 Å². The van der Waals surface area contributed by atoms with E-state index in [4.69, 9.17) is 5.26 Å². The Balaban J connectivity index is 2.70. The Morgan fingerprint density at radius 2 is 2.11 bits per heavy atom. The highest BCUT2D eigenvalue weighted by atomic mass is 79.9. The van der Waals surface area contributed by atoms with Gasteiger partial charge in [0.2, 0.25) is 5.91 Å². The molecule has 3 nitrogen and oxygen atoms in total. The SMILES string of the molecule is N#Cc1ccc(Br)cc1NC(=O)CCC(F)(F)F. The van der Waals surface area contributed by atoms with E-state index in [-0.39, 0.29) is 11.3 Å². The molecule has 1 aromatic rings. The number of alkyl halides is 3. The summed E-state index contributed by atoms with van der Waals surface area (Å²) in [5, 5.41) is 11.1. The third-order valence-electron chi connectivity index (χ3n) is 2.01. The monoisotopic (exact) mass is 320 g/mol. The van der Waals surface area contributed by atoms with E-state index in [0.29, 0.717) is 4.47 Å². The number of halogens is 4. The molecule has 1 amide bonds. The molecular weight excluding hydrogens is 313 g/mol. The number of carbonyl (C=O) groups is 1. The van der Waals surface area contributed by atoms with Crippen LogP contribution in [-0.2, 0) is 4.79 Å². The van der Waals surface area contributed by atoms with Crippen molar-refractivity contribution in [1.82, 2.24) is 0 Å². The molecule has 0 radical (unpaired) electrons. The molecule has 1 aromatic carbocycles. The average molecular weight is 321 g/mol. The Morgan fingerprint density at radius 1 is 1.44 bits per heavy atom. The summed E-state index contributed by atoms with van der Waals surface area (Å²) >= 11 is 3.15. The lowest BCUT2D eigenvalue weighted by atomic mass is 10.2. The van der Waals surface area contributed by atoms with E-state index in [0.717, 1.165) is 0 Å². The molecule has 0 heterocycles. The summed E-state index contributed by atoms with van der Waals surface area (Å²) in [6.45, 7) is 0.